The third kappa shape index (κ3) is 1.20. The zero-order chi connectivity index (χ0) is 7.68. The average molecular weight is 164 g/mol. The van der Waals surface area contributed by atoms with Gasteiger partial charge in [0.15, 0.2) is 0 Å². The Morgan fingerprint density at radius 3 is 3.18 bits per heavy atom. The zero-order valence-corrected chi connectivity index (χ0v) is 7.72. The van der Waals surface area contributed by atoms with Gasteiger partial charge in [0.1, 0.15) is 0 Å². The average Bonchev–Trinajstić information content (AvgIpc) is 2.53. The van der Waals surface area contributed by atoms with Crippen molar-refractivity contribution >= 4 is 7.92 Å². The number of rotatable bonds is 2. The third-order valence-corrected chi connectivity index (χ3v) is 4.77. The first-order chi connectivity index (χ1) is 5.42. The predicted octanol–water partition coefficient (Wildman–Crippen LogP) is 3.48. The van der Waals surface area contributed by atoms with Gasteiger partial charge in [0.2, 0.25) is 0 Å². The summed E-state index contributed by atoms with van der Waals surface area (Å²) in [6, 6.07) is 0. The molecule has 11 heavy (non-hydrogen) atoms. The van der Waals surface area contributed by atoms with Crippen molar-refractivity contribution in [2.24, 2.45) is 5.92 Å². The molecule has 0 fully saturated rings. The summed E-state index contributed by atoms with van der Waals surface area (Å²) in [5, 5.41) is 1.68. The smallest absolute Gasteiger partial charge is 0.0212 e. The molecule has 0 aromatic rings. The van der Waals surface area contributed by atoms with Gasteiger partial charge in [-0.1, -0.05) is 51.4 Å². The van der Waals surface area contributed by atoms with E-state index in [0.717, 1.165) is 0 Å². The molecule has 0 bridgehead atoms. The maximum Gasteiger partial charge on any atom is 0.0212 e. The van der Waals surface area contributed by atoms with Crippen LogP contribution in [0.15, 0.2) is 35.4 Å². The van der Waals surface area contributed by atoms with Crippen LogP contribution in [0.3, 0.4) is 0 Å². The van der Waals surface area contributed by atoms with Gasteiger partial charge >= 0.3 is 0 Å². The summed E-state index contributed by atoms with van der Waals surface area (Å²) in [5.74, 6) is 3.12. The molecule has 0 saturated carbocycles. The van der Waals surface area contributed by atoms with Crippen molar-refractivity contribution in [3.05, 3.63) is 35.4 Å². The van der Waals surface area contributed by atoms with Crippen molar-refractivity contribution in [3.8, 4) is 0 Å². The first-order valence-electron chi connectivity index (χ1n) is 4.25. The van der Waals surface area contributed by atoms with E-state index in [0.29, 0.717) is 5.92 Å². The van der Waals surface area contributed by atoms with Gasteiger partial charge in [-0.25, -0.2) is 0 Å². The molecule has 2 atom stereocenters. The van der Waals surface area contributed by atoms with Crippen molar-refractivity contribution in [1.82, 2.24) is 0 Å². The lowest BCUT2D eigenvalue weighted by Gasteiger charge is -2.10. The van der Waals surface area contributed by atoms with Crippen LogP contribution in [0.2, 0.25) is 0 Å². The van der Waals surface area contributed by atoms with Crippen molar-refractivity contribution in [2.45, 2.75) is 13.3 Å². The van der Waals surface area contributed by atoms with E-state index < -0.39 is 0 Å². The van der Waals surface area contributed by atoms with Gasteiger partial charge in [-0.15, -0.1) is 0 Å². The van der Waals surface area contributed by atoms with Gasteiger partial charge in [0, 0.05) is 5.92 Å². The normalized spacial score (nSPS) is 32.6. The molecule has 2 aliphatic rings. The van der Waals surface area contributed by atoms with Gasteiger partial charge in [0.25, 0.3) is 0 Å². The van der Waals surface area contributed by atoms with Crippen LogP contribution in [-0.2, 0) is 0 Å². The molecule has 0 saturated heterocycles. The molecule has 2 unspecified atom stereocenters. The minimum atomic E-state index is 0.132. The molecule has 1 heteroatoms. The second-order valence-corrected chi connectivity index (χ2v) is 5.24. The molecule has 1 aliphatic heterocycles. The number of fused-ring (bicyclic) bond motifs is 1. The highest BCUT2D eigenvalue weighted by Crippen LogP contribution is 2.57. The Bertz CT molecular complexity index is 235. The molecule has 0 aromatic carbocycles. The maximum atomic E-state index is 2.43. The fourth-order valence-corrected chi connectivity index (χ4v) is 3.95. The zero-order valence-electron chi connectivity index (χ0n) is 6.83. The highest BCUT2D eigenvalue weighted by molar-refractivity contribution is 7.65. The van der Waals surface area contributed by atoms with E-state index in [4.69, 9.17) is 0 Å². The number of hydrogen-bond donors (Lipinski definition) is 0. The highest BCUT2D eigenvalue weighted by atomic mass is 31.1. The molecular formula is C10H13P. The Labute approximate surface area is 69.4 Å². The van der Waals surface area contributed by atoms with Crippen molar-refractivity contribution in [3.63, 3.8) is 0 Å². The summed E-state index contributed by atoms with van der Waals surface area (Å²) in [6.07, 6.45) is 11.9. The number of allylic oxidation sites excluding steroid dienone is 5. The molecule has 58 valence electrons. The largest absolute Gasteiger partial charge is 0.0732 e. The predicted molar refractivity (Wildman–Crippen MR) is 51.9 cm³/mol. The van der Waals surface area contributed by atoms with Crippen molar-refractivity contribution in [2.75, 3.05) is 6.16 Å². The van der Waals surface area contributed by atoms with E-state index in [1.165, 1.54) is 12.6 Å². The fraction of sp³-hybridized carbons (Fsp3) is 0.400. The van der Waals surface area contributed by atoms with E-state index in [-0.39, 0.29) is 7.92 Å². The molecule has 0 N–H and O–H groups in total. The first-order valence-corrected chi connectivity index (χ1v) is 5.85. The fourth-order valence-electron chi connectivity index (χ4n) is 1.66. The van der Waals surface area contributed by atoms with E-state index in [2.05, 4.69) is 37.0 Å². The Morgan fingerprint density at radius 1 is 1.45 bits per heavy atom. The molecule has 0 spiro atoms. The van der Waals surface area contributed by atoms with Crippen LogP contribution in [0.4, 0.5) is 0 Å². The van der Waals surface area contributed by atoms with Crippen LogP contribution in [0.25, 0.3) is 0 Å². The van der Waals surface area contributed by atoms with Crippen molar-refractivity contribution in [1.29, 1.82) is 0 Å². The third-order valence-electron chi connectivity index (χ3n) is 2.20. The topological polar surface area (TPSA) is 0 Å². The van der Waals surface area contributed by atoms with Gasteiger partial charge in [-0.2, -0.15) is 0 Å². The molecule has 2 rings (SSSR count). The summed E-state index contributed by atoms with van der Waals surface area (Å²) in [7, 11) is 0.132. The van der Waals surface area contributed by atoms with Crippen LogP contribution in [0, 0.1) is 5.92 Å². The summed E-state index contributed by atoms with van der Waals surface area (Å²) in [6.45, 7) is 2.27. The van der Waals surface area contributed by atoms with Gasteiger partial charge in [-0.05, 0) is 11.5 Å². The lowest BCUT2D eigenvalue weighted by Crippen LogP contribution is -1.86. The summed E-state index contributed by atoms with van der Waals surface area (Å²) < 4.78 is 0. The molecule has 1 heterocycles. The van der Waals surface area contributed by atoms with Gasteiger partial charge in [-0.3, -0.25) is 0 Å². The van der Waals surface area contributed by atoms with E-state index in [1.54, 1.807) is 5.31 Å². The molecule has 0 nitrogen and oxygen atoms in total. The molecule has 0 radical (unpaired) electrons. The minimum absolute atomic E-state index is 0.132. The second kappa shape index (κ2) is 2.95. The maximum absolute atomic E-state index is 2.43. The SMILES string of the molecule is CCCP1C=CC2C=CC=C21. The molecule has 0 aromatic heterocycles. The molecular weight excluding hydrogens is 151 g/mol. The van der Waals surface area contributed by atoms with Crippen LogP contribution < -0.4 is 0 Å². The van der Waals surface area contributed by atoms with E-state index in [1.807, 2.05) is 0 Å². The van der Waals surface area contributed by atoms with E-state index in [9.17, 15) is 0 Å². The Morgan fingerprint density at radius 2 is 2.36 bits per heavy atom. The highest BCUT2D eigenvalue weighted by Gasteiger charge is 2.23. The van der Waals surface area contributed by atoms with E-state index >= 15 is 0 Å². The quantitative estimate of drug-likeness (QED) is 0.548. The lowest BCUT2D eigenvalue weighted by molar-refractivity contribution is 1.07. The number of hydrogen-bond acceptors (Lipinski definition) is 0. The van der Waals surface area contributed by atoms with Crippen LogP contribution in [0.1, 0.15) is 13.3 Å². The second-order valence-electron chi connectivity index (χ2n) is 3.04. The molecule has 0 amide bonds. The first kappa shape index (κ1) is 7.31. The Kier molecular flexibility index (Phi) is 1.96. The standard InChI is InChI=1S/C10H13P/c1-2-7-11-8-6-9-4-3-5-10(9)11/h3-6,8-9H,2,7H2,1H3. The Hall–Kier alpha value is -0.350. The Balaban J connectivity index is 2.11. The van der Waals surface area contributed by atoms with Gasteiger partial charge < -0.3 is 0 Å². The molecule has 1 aliphatic carbocycles. The van der Waals surface area contributed by atoms with Crippen molar-refractivity contribution < 1.29 is 0 Å². The van der Waals surface area contributed by atoms with Crippen LogP contribution in [-0.4, -0.2) is 6.16 Å². The lowest BCUT2D eigenvalue weighted by atomic mass is 10.2. The monoisotopic (exact) mass is 164 g/mol. The van der Waals surface area contributed by atoms with Crippen LogP contribution in [0.5, 0.6) is 0 Å². The minimum Gasteiger partial charge on any atom is -0.0732 e. The summed E-state index contributed by atoms with van der Waals surface area (Å²) in [5.41, 5.74) is 0. The van der Waals surface area contributed by atoms with Gasteiger partial charge in [0.05, 0.1) is 0 Å². The summed E-state index contributed by atoms with van der Waals surface area (Å²) >= 11 is 0. The van der Waals surface area contributed by atoms with Crippen LogP contribution >= 0.6 is 7.92 Å². The summed E-state index contributed by atoms with van der Waals surface area (Å²) in [4.78, 5) is 0.